The maximum absolute atomic E-state index is 3.56. The van der Waals surface area contributed by atoms with Crippen LogP contribution in [0.4, 0.5) is 0 Å². The van der Waals surface area contributed by atoms with Gasteiger partial charge >= 0.3 is 0 Å². The molecule has 0 saturated carbocycles. The standard InChI is InChI=1S/C14H30N2/c1-7-15-13(4)14(5,6)10-16-8-11(2)12(3)9-16/h11-13,15H,7-10H2,1-6H3. The van der Waals surface area contributed by atoms with Crippen molar-refractivity contribution in [2.45, 2.75) is 47.6 Å². The van der Waals surface area contributed by atoms with Crippen LogP contribution in [0.3, 0.4) is 0 Å². The van der Waals surface area contributed by atoms with Gasteiger partial charge < -0.3 is 10.2 Å². The highest BCUT2D eigenvalue weighted by atomic mass is 15.2. The Balaban J connectivity index is 2.46. The number of nitrogens with zero attached hydrogens (tertiary/aromatic N) is 1. The second kappa shape index (κ2) is 5.50. The van der Waals surface area contributed by atoms with E-state index in [1.165, 1.54) is 19.6 Å². The van der Waals surface area contributed by atoms with E-state index < -0.39 is 0 Å². The molecule has 96 valence electrons. The van der Waals surface area contributed by atoms with E-state index in [0.717, 1.165) is 18.4 Å². The zero-order valence-electron chi connectivity index (χ0n) is 12.0. The van der Waals surface area contributed by atoms with E-state index in [1.54, 1.807) is 0 Å². The molecule has 0 spiro atoms. The maximum atomic E-state index is 3.56. The average Bonchev–Trinajstić information content (AvgIpc) is 2.45. The summed E-state index contributed by atoms with van der Waals surface area (Å²) in [5.74, 6) is 1.73. The van der Waals surface area contributed by atoms with Gasteiger partial charge in [0.1, 0.15) is 0 Å². The summed E-state index contributed by atoms with van der Waals surface area (Å²) in [6.07, 6.45) is 0. The van der Waals surface area contributed by atoms with Crippen molar-refractivity contribution in [2.75, 3.05) is 26.2 Å². The lowest BCUT2D eigenvalue weighted by Gasteiger charge is -2.36. The van der Waals surface area contributed by atoms with Crippen LogP contribution >= 0.6 is 0 Å². The zero-order valence-corrected chi connectivity index (χ0v) is 12.0. The van der Waals surface area contributed by atoms with Gasteiger partial charge in [0.2, 0.25) is 0 Å². The van der Waals surface area contributed by atoms with Crippen molar-refractivity contribution >= 4 is 0 Å². The number of nitrogens with one attached hydrogen (secondary N) is 1. The molecule has 0 radical (unpaired) electrons. The van der Waals surface area contributed by atoms with Crippen LogP contribution in [-0.4, -0.2) is 37.1 Å². The van der Waals surface area contributed by atoms with E-state index in [9.17, 15) is 0 Å². The predicted octanol–water partition coefficient (Wildman–Crippen LogP) is 2.60. The lowest BCUT2D eigenvalue weighted by Crippen LogP contribution is -2.46. The van der Waals surface area contributed by atoms with Gasteiger partial charge in [0, 0.05) is 25.7 Å². The summed E-state index contributed by atoms with van der Waals surface area (Å²) in [6, 6.07) is 0.587. The summed E-state index contributed by atoms with van der Waals surface area (Å²) in [6.45, 7) is 18.9. The summed E-state index contributed by atoms with van der Waals surface area (Å²) in [4.78, 5) is 2.64. The van der Waals surface area contributed by atoms with Gasteiger partial charge in [0.15, 0.2) is 0 Å². The number of hydrogen-bond donors (Lipinski definition) is 1. The van der Waals surface area contributed by atoms with Crippen molar-refractivity contribution in [3.05, 3.63) is 0 Å². The van der Waals surface area contributed by atoms with Gasteiger partial charge in [-0.15, -0.1) is 0 Å². The Kier molecular flexibility index (Phi) is 4.81. The number of hydrogen-bond acceptors (Lipinski definition) is 2. The van der Waals surface area contributed by atoms with E-state index in [1.807, 2.05) is 0 Å². The topological polar surface area (TPSA) is 15.3 Å². The van der Waals surface area contributed by atoms with E-state index in [-0.39, 0.29) is 0 Å². The van der Waals surface area contributed by atoms with Gasteiger partial charge in [0.25, 0.3) is 0 Å². The first-order valence-electron chi connectivity index (χ1n) is 6.82. The lowest BCUT2D eigenvalue weighted by molar-refractivity contribution is 0.160. The van der Waals surface area contributed by atoms with E-state index >= 15 is 0 Å². The van der Waals surface area contributed by atoms with Crippen molar-refractivity contribution in [3.63, 3.8) is 0 Å². The van der Waals surface area contributed by atoms with Crippen LogP contribution in [0, 0.1) is 17.3 Å². The summed E-state index contributed by atoms with van der Waals surface area (Å²) in [5.41, 5.74) is 0.361. The second-order valence-electron chi connectivity index (χ2n) is 6.42. The molecule has 0 amide bonds. The monoisotopic (exact) mass is 226 g/mol. The fourth-order valence-electron chi connectivity index (χ4n) is 2.67. The molecular weight excluding hydrogens is 196 g/mol. The fraction of sp³-hybridized carbons (Fsp3) is 1.00. The van der Waals surface area contributed by atoms with E-state index in [2.05, 4.69) is 51.8 Å². The molecule has 1 N–H and O–H groups in total. The third kappa shape index (κ3) is 3.46. The van der Waals surface area contributed by atoms with Crippen molar-refractivity contribution < 1.29 is 0 Å². The molecule has 2 nitrogen and oxygen atoms in total. The molecule has 1 rings (SSSR count). The lowest BCUT2D eigenvalue weighted by atomic mass is 9.85. The number of likely N-dealkylation sites (tertiary alicyclic amines) is 1. The molecule has 2 heteroatoms. The molecule has 1 heterocycles. The van der Waals surface area contributed by atoms with Gasteiger partial charge in [0.05, 0.1) is 0 Å². The van der Waals surface area contributed by atoms with Crippen LogP contribution in [0.2, 0.25) is 0 Å². The molecule has 0 aromatic rings. The van der Waals surface area contributed by atoms with Crippen LogP contribution in [0.1, 0.15) is 41.5 Å². The third-order valence-corrected chi connectivity index (χ3v) is 4.38. The molecule has 3 atom stereocenters. The van der Waals surface area contributed by atoms with Gasteiger partial charge in [-0.3, -0.25) is 0 Å². The summed E-state index contributed by atoms with van der Waals surface area (Å²) in [7, 11) is 0. The first-order chi connectivity index (χ1) is 7.36. The molecule has 1 aliphatic heterocycles. The molecule has 1 saturated heterocycles. The van der Waals surface area contributed by atoms with Crippen LogP contribution in [-0.2, 0) is 0 Å². The SMILES string of the molecule is CCNC(C)C(C)(C)CN1CC(C)C(C)C1. The minimum Gasteiger partial charge on any atom is -0.314 e. The van der Waals surface area contributed by atoms with Crippen molar-refractivity contribution in [1.29, 1.82) is 0 Å². The highest BCUT2D eigenvalue weighted by Gasteiger charge is 2.32. The molecule has 0 aliphatic carbocycles. The summed E-state index contributed by atoms with van der Waals surface area (Å²) >= 11 is 0. The predicted molar refractivity (Wildman–Crippen MR) is 71.7 cm³/mol. The molecule has 1 aliphatic rings. The summed E-state index contributed by atoms with van der Waals surface area (Å²) in [5, 5.41) is 3.56. The van der Waals surface area contributed by atoms with Gasteiger partial charge in [-0.1, -0.05) is 34.6 Å². The highest BCUT2D eigenvalue weighted by molar-refractivity contribution is 4.87. The largest absolute Gasteiger partial charge is 0.314 e. The zero-order chi connectivity index (χ0) is 12.3. The maximum Gasteiger partial charge on any atom is 0.0102 e. The molecule has 1 fully saturated rings. The normalized spacial score (nSPS) is 29.6. The Hall–Kier alpha value is -0.0800. The molecule has 0 aromatic carbocycles. The minimum atomic E-state index is 0.361. The second-order valence-corrected chi connectivity index (χ2v) is 6.42. The first kappa shape index (κ1) is 14.0. The Morgan fingerprint density at radius 3 is 2.19 bits per heavy atom. The molecular formula is C14H30N2. The first-order valence-corrected chi connectivity index (χ1v) is 6.82. The van der Waals surface area contributed by atoms with Gasteiger partial charge in [-0.25, -0.2) is 0 Å². The van der Waals surface area contributed by atoms with Gasteiger partial charge in [-0.05, 0) is 30.7 Å². The Bertz CT molecular complexity index is 203. The number of rotatable bonds is 5. The molecule has 0 aromatic heterocycles. The van der Waals surface area contributed by atoms with Crippen molar-refractivity contribution in [2.24, 2.45) is 17.3 Å². The van der Waals surface area contributed by atoms with Crippen LogP contribution < -0.4 is 5.32 Å². The van der Waals surface area contributed by atoms with Crippen LogP contribution in [0.15, 0.2) is 0 Å². The minimum absolute atomic E-state index is 0.361. The van der Waals surface area contributed by atoms with E-state index in [0.29, 0.717) is 11.5 Å². The highest BCUT2D eigenvalue weighted by Crippen LogP contribution is 2.28. The Morgan fingerprint density at radius 2 is 1.75 bits per heavy atom. The third-order valence-electron chi connectivity index (χ3n) is 4.38. The van der Waals surface area contributed by atoms with Crippen molar-refractivity contribution in [3.8, 4) is 0 Å². The Labute approximate surface area is 102 Å². The van der Waals surface area contributed by atoms with Crippen LogP contribution in [0.25, 0.3) is 0 Å². The Morgan fingerprint density at radius 1 is 1.25 bits per heavy atom. The average molecular weight is 226 g/mol. The van der Waals surface area contributed by atoms with Gasteiger partial charge in [-0.2, -0.15) is 0 Å². The molecule has 3 unspecified atom stereocenters. The molecule has 0 bridgehead atoms. The van der Waals surface area contributed by atoms with Crippen LogP contribution in [0.5, 0.6) is 0 Å². The van der Waals surface area contributed by atoms with E-state index in [4.69, 9.17) is 0 Å². The fourth-order valence-corrected chi connectivity index (χ4v) is 2.67. The quantitative estimate of drug-likeness (QED) is 0.775. The smallest absolute Gasteiger partial charge is 0.0102 e. The van der Waals surface area contributed by atoms with Crippen molar-refractivity contribution in [1.82, 2.24) is 10.2 Å². The molecule has 16 heavy (non-hydrogen) atoms. The summed E-state index contributed by atoms with van der Waals surface area (Å²) < 4.78 is 0.